The van der Waals surface area contributed by atoms with Crippen molar-refractivity contribution in [2.24, 2.45) is 0 Å². The Kier molecular flexibility index (Phi) is 4.07. The molecule has 1 unspecified atom stereocenters. The lowest BCUT2D eigenvalue weighted by molar-refractivity contribution is -0.153. The van der Waals surface area contributed by atoms with Crippen molar-refractivity contribution in [3.8, 4) is 0 Å². The molecule has 0 radical (unpaired) electrons. The molecule has 1 aliphatic heterocycles. The molecule has 1 aliphatic rings. The van der Waals surface area contributed by atoms with Crippen LogP contribution < -0.4 is 0 Å². The molecule has 0 saturated carbocycles. The molecule has 8 heteroatoms. The van der Waals surface area contributed by atoms with Crippen molar-refractivity contribution >= 4 is 16.0 Å². The summed E-state index contributed by atoms with van der Waals surface area (Å²) in [7, 11) is -3.92. The largest absolute Gasteiger partial charge is 0.479 e. The highest BCUT2D eigenvalue weighted by molar-refractivity contribution is 7.89. The van der Waals surface area contributed by atoms with E-state index in [-0.39, 0.29) is 24.6 Å². The second-order valence-electron chi connectivity index (χ2n) is 4.47. The zero-order valence-electron chi connectivity index (χ0n) is 10.7. The van der Waals surface area contributed by atoms with Gasteiger partial charge in [-0.25, -0.2) is 17.6 Å². The van der Waals surface area contributed by atoms with Gasteiger partial charge in [-0.1, -0.05) is 6.07 Å². The summed E-state index contributed by atoms with van der Waals surface area (Å²) >= 11 is 0. The molecule has 0 spiro atoms. The van der Waals surface area contributed by atoms with Gasteiger partial charge < -0.3 is 9.84 Å². The Balaban J connectivity index is 2.29. The SMILES string of the molecule is Cc1ccc(S(=O)(=O)N2CCOC(C(=O)O)C2)cc1F. The van der Waals surface area contributed by atoms with Crippen molar-refractivity contribution in [2.45, 2.75) is 17.9 Å². The summed E-state index contributed by atoms with van der Waals surface area (Å²) < 4.78 is 44.1. The molecule has 1 atom stereocenters. The van der Waals surface area contributed by atoms with Crippen LogP contribution in [0.5, 0.6) is 0 Å². The van der Waals surface area contributed by atoms with Gasteiger partial charge >= 0.3 is 5.97 Å². The van der Waals surface area contributed by atoms with Gasteiger partial charge in [0.15, 0.2) is 6.10 Å². The molecule has 1 heterocycles. The number of aliphatic carboxylic acids is 1. The van der Waals surface area contributed by atoms with Crippen molar-refractivity contribution in [3.05, 3.63) is 29.6 Å². The van der Waals surface area contributed by atoms with Crippen LogP contribution in [0.2, 0.25) is 0 Å². The van der Waals surface area contributed by atoms with Gasteiger partial charge in [0, 0.05) is 6.54 Å². The Morgan fingerprint density at radius 1 is 1.50 bits per heavy atom. The number of hydrogen-bond acceptors (Lipinski definition) is 4. The number of ether oxygens (including phenoxy) is 1. The highest BCUT2D eigenvalue weighted by Crippen LogP contribution is 2.21. The number of morpholine rings is 1. The first-order valence-electron chi connectivity index (χ1n) is 5.93. The summed E-state index contributed by atoms with van der Waals surface area (Å²) in [6, 6.07) is 3.62. The fourth-order valence-electron chi connectivity index (χ4n) is 1.88. The molecule has 1 saturated heterocycles. The van der Waals surface area contributed by atoms with E-state index in [1.165, 1.54) is 19.1 Å². The Morgan fingerprint density at radius 2 is 2.20 bits per heavy atom. The minimum Gasteiger partial charge on any atom is -0.479 e. The summed E-state index contributed by atoms with van der Waals surface area (Å²) in [5, 5.41) is 8.87. The quantitative estimate of drug-likeness (QED) is 0.884. The molecule has 0 amide bonds. The third-order valence-electron chi connectivity index (χ3n) is 3.09. The topological polar surface area (TPSA) is 83.9 Å². The van der Waals surface area contributed by atoms with Crippen LogP contribution in [0.4, 0.5) is 4.39 Å². The van der Waals surface area contributed by atoms with Crippen LogP contribution >= 0.6 is 0 Å². The normalized spacial score (nSPS) is 20.8. The van der Waals surface area contributed by atoms with E-state index >= 15 is 0 Å². The smallest absolute Gasteiger partial charge is 0.334 e. The van der Waals surface area contributed by atoms with Gasteiger partial charge in [-0.2, -0.15) is 4.31 Å². The Labute approximate surface area is 115 Å². The van der Waals surface area contributed by atoms with E-state index in [0.29, 0.717) is 5.56 Å². The maximum absolute atomic E-state index is 13.5. The molecule has 0 aromatic heterocycles. The van der Waals surface area contributed by atoms with E-state index in [2.05, 4.69) is 0 Å². The van der Waals surface area contributed by atoms with Crippen LogP contribution in [0.1, 0.15) is 5.56 Å². The van der Waals surface area contributed by atoms with Gasteiger partial charge in [0.1, 0.15) is 5.82 Å². The number of aryl methyl sites for hydroxylation is 1. The van der Waals surface area contributed by atoms with Crippen molar-refractivity contribution in [1.29, 1.82) is 0 Å². The lowest BCUT2D eigenvalue weighted by Gasteiger charge is -2.30. The molecule has 0 aliphatic carbocycles. The van der Waals surface area contributed by atoms with Crippen molar-refractivity contribution in [3.63, 3.8) is 0 Å². The monoisotopic (exact) mass is 303 g/mol. The van der Waals surface area contributed by atoms with Crippen LogP contribution in [0.3, 0.4) is 0 Å². The lowest BCUT2D eigenvalue weighted by atomic mass is 10.2. The van der Waals surface area contributed by atoms with Crippen LogP contribution in [-0.4, -0.2) is 49.6 Å². The number of carboxylic acids is 1. The predicted octanol–water partition coefficient (Wildman–Crippen LogP) is 0.608. The van der Waals surface area contributed by atoms with Crippen molar-refractivity contribution in [2.75, 3.05) is 19.7 Å². The van der Waals surface area contributed by atoms with Gasteiger partial charge in [-0.05, 0) is 24.6 Å². The van der Waals surface area contributed by atoms with Crippen LogP contribution in [0.15, 0.2) is 23.1 Å². The number of hydrogen-bond donors (Lipinski definition) is 1. The van der Waals surface area contributed by atoms with Crippen molar-refractivity contribution < 1.29 is 27.4 Å². The van der Waals surface area contributed by atoms with Gasteiger partial charge in [0.05, 0.1) is 18.0 Å². The van der Waals surface area contributed by atoms with E-state index in [0.717, 1.165) is 10.4 Å². The molecule has 6 nitrogen and oxygen atoms in total. The Bertz CT molecular complexity index is 631. The van der Waals surface area contributed by atoms with Crippen LogP contribution in [0.25, 0.3) is 0 Å². The maximum atomic E-state index is 13.5. The van der Waals surface area contributed by atoms with Gasteiger partial charge in [0.2, 0.25) is 10.0 Å². The first-order chi connectivity index (χ1) is 9.32. The molecule has 2 rings (SSSR count). The molecule has 0 bridgehead atoms. The number of nitrogens with zero attached hydrogens (tertiary/aromatic N) is 1. The minimum atomic E-state index is -3.92. The Hall–Kier alpha value is -1.51. The Morgan fingerprint density at radius 3 is 2.80 bits per heavy atom. The highest BCUT2D eigenvalue weighted by Gasteiger charge is 2.34. The summed E-state index contributed by atoms with van der Waals surface area (Å²) in [5.74, 6) is -1.84. The first kappa shape index (κ1) is 14.9. The molecular weight excluding hydrogens is 289 g/mol. The number of sulfonamides is 1. The molecule has 1 fully saturated rings. The predicted molar refractivity (Wildman–Crippen MR) is 67.3 cm³/mol. The molecular formula is C12H14FNO5S. The number of carboxylic acid groups (broad SMARTS) is 1. The number of rotatable bonds is 3. The molecule has 1 aromatic carbocycles. The fourth-order valence-corrected chi connectivity index (χ4v) is 3.31. The zero-order valence-corrected chi connectivity index (χ0v) is 11.6. The standard InChI is InChI=1S/C12H14FNO5S/c1-8-2-3-9(6-10(8)13)20(17,18)14-4-5-19-11(7-14)12(15)16/h2-3,6,11H,4-5,7H2,1H3,(H,15,16). The van der Waals surface area contributed by atoms with Gasteiger partial charge in [0.25, 0.3) is 0 Å². The van der Waals surface area contributed by atoms with E-state index in [9.17, 15) is 17.6 Å². The number of benzene rings is 1. The molecule has 1 N–H and O–H groups in total. The third-order valence-corrected chi connectivity index (χ3v) is 4.95. The summed E-state index contributed by atoms with van der Waals surface area (Å²) in [4.78, 5) is 10.7. The highest BCUT2D eigenvalue weighted by atomic mass is 32.2. The second kappa shape index (κ2) is 5.47. The van der Waals surface area contributed by atoms with Gasteiger partial charge in [-0.15, -0.1) is 0 Å². The van der Waals surface area contributed by atoms with Crippen molar-refractivity contribution in [1.82, 2.24) is 4.31 Å². The molecule has 1 aromatic rings. The minimum absolute atomic E-state index is 0.00938. The number of carbonyl (C=O) groups is 1. The first-order valence-corrected chi connectivity index (χ1v) is 7.37. The summed E-state index contributed by atoms with van der Waals surface area (Å²) in [5.41, 5.74) is 0.342. The maximum Gasteiger partial charge on any atom is 0.334 e. The van der Waals surface area contributed by atoms with E-state index < -0.39 is 27.9 Å². The fraction of sp³-hybridized carbons (Fsp3) is 0.417. The molecule has 20 heavy (non-hydrogen) atoms. The lowest BCUT2D eigenvalue weighted by Crippen LogP contribution is -2.48. The third kappa shape index (κ3) is 2.82. The number of halogens is 1. The second-order valence-corrected chi connectivity index (χ2v) is 6.41. The van der Waals surface area contributed by atoms with E-state index in [4.69, 9.17) is 9.84 Å². The zero-order chi connectivity index (χ0) is 14.9. The summed E-state index contributed by atoms with van der Waals surface area (Å²) in [6.07, 6.45) is -1.20. The van der Waals surface area contributed by atoms with E-state index in [1.54, 1.807) is 0 Å². The van der Waals surface area contributed by atoms with Crippen LogP contribution in [-0.2, 0) is 19.6 Å². The van der Waals surface area contributed by atoms with E-state index in [1.807, 2.05) is 0 Å². The molecule has 110 valence electrons. The average Bonchev–Trinajstić information content (AvgIpc) is 2.42. The van der Waals surface area contributed by atoms with Gasteiger partial charge in [-0.3, -0.25) is 0 Å². The average molecular weight is 303 g/mol. The van der Waals surface area contributed by atoms with Crippen LogP contribution in [0, 0.1) is 12.7 Å². The summed E-state index contributed by atoms with van der Waals surface area (Å²) in [6.45, 7) is 1.28.